The zero-order chi connectivity index (χ0) is 27.2. The van der Waals surface area contributed by atoms with Crippen LogP contribution in [0.2, 0.25) is 13.1 Å². The average Bonchev–Trinajstić information content (AvgIpc) is 3.36. The van der Waals surface area contributed by atoms with Crippen molar-refractivity contribution in [2.24, 2.45) is 10.8 Å². The monoisotopic (exact) mass is 707 g/mol. The Morgan fingerprint density at radius 1 is 0.611 bits per heavy atom. The normalized spacial score (nSPS) is 21.1. The average molecular weight is 707 g/mol. The van der Waals surface area contributed by atoms with Gasteiger partial charge in [-0.3, -0.25) is 0 Å². The third-order valence-electron chi connectivity index (χ3n) is 9.18. The van der Waals surface area contributed by atoms with Crippen molar-refractivity contribution < 1.29 is 15.3 Å². The summed E-state index contributed by atoms with van der Waals surface area (Å²) in [6, 6.07) is 9.14. The van der Waals surface area contributed by atoms with Gasteiger partial charge in [-0.15, -0.1) is 0 Å². The first kappa shape index (κ1) is 28.6. The quantitative estimate of drug-likeness (QED) is 0.279. The molecule has 2 aliphatic carbocycles. The van der Waals surface area contributed by atoms with E-state index >= 15 is 0 Å². The standard InChI is InChI=1S/2C15H19.C2H7Si.2ClH.Hf/c2*1-10-6-7-11(2)14-9-12(8-13(10)14)15(3,4)5;1-3-2;;;/h2*6-9H,1-5H3;3H,1-2H3;2*1H;/q;;;;;+2/p-2. The van der Waals surface area contributed by atoms with E-state index in [1.165, 1.54) is 55.7 Å². The maximum atomic E-state index is 8.61. The number of hydrogen-bond acceptors (Lipinski definition) is 0. The van der Waals surface area contributed by atoms with Crippen molar-refractivity contribution in [1.29, 1.82) is 0 Å². The summed E-state index contributed by atoms with van der Waals surface area (Å²) in [6.07, 6.45) is 4.97. The van der Waals surface area contributed by atoms with Crippen LogP contribution in [0.5, 0.6) is 0 Å². The molecule has 0 radical (unpaired) electrons. The van der Waals surface area contributed by atoms with Gasteiger partial charge in [-0.25, -0.2) is 0 Å². The molecule has 0 nitrogen and oxygen atoms in total. The molecule has 0 heterocycles. The third kappa shape index (κ3) is 4.07. The number of rotatable bonds is 3. The Labute approximate surface area is 229 Å². The van der Waals surface area contributed by atoms with Gasteiger partial charge in [0.05, 0.1) is 0 Å². The summed E-state index contributed by atoms with van der Waals surface area (Å²) in [5.41, 5.74) is 13.9. The van der Waals surface area contributed by atoms with Crippen molar-refractivity contribution >= 4 is 35.3 Å². The topological polar surface area (TPSA) is 0 Å². The molecule has 2 aromatic carbocycles. The number of benzene rings is 2. The van der Waals surface area contributed by atoms with Crippen molar-refractivity contribution in [2.75, 3.05) is 0 Å². The molecule has 0 aromatic heterocycles. The molecule has 0 amide bonds. The molecule has 0 aliphatic heterocycles. The first-order valence-electron chi connectivity index (χ1n) is 13.5. The molecule has 2 aliphatic rings. The van der Waals surface area contributed by atoms with Gasteiger partial charge in [0.15, 0.2) is 0 Å². The second-order valence-corrected chi connectivity index (χ2v) is 73.3. The molecule has 2 unspecified atom stereocenters. The van der Waals surface area contributed by atoms with Crippen molar-refractivity contribution in [1.82, 2.24) is 0 Å². The minimum atomic E-state index is -4.92. The van der Waals surface area contributed by atoms with Crippen LogP contribution in [0.15, 0.2) is 35.4 Å². The van der Waals surface area contributed by atoms with Crippen LogP contribution in [-0.2, 0) is 15.3 Å². The van der Waals surface area contributed by atoms with Gasteiger partial charge >= 0.3 is 231 Å². The molecular formula is C32H45Cl2HfSi. The van der Waals surface area contributed by atoms with Crippen molar-refractivity contribution in [3.8, 4) is 0 Å². The van der Waals surface area contributed by atoms with E-state index in [-0.39, 0.29) is 18.2 Å². The van der Waals surface area contributed by atoms with Gasteiger partial charge in [0, 0.05) is 0 Å². The van der Waals surface area contributed by atoms with E-state index in [4.69, 9.17) is 17.2 Å². The van der Waals surface area contributed by atoms with Crippen molar-refractivity contribution in [2.45, 2.75) is 89.7 Å². The molecule has 4 heteroatoms. The number of aryl methyl sites for hydroxylation is 4. The van der Waals surface area contributed by atoms with Gasteiger partial charge in [-0.1, -0.05) is 0 Å². The summed E-state index contributed by atoms with van der Waals surface area (Å²) in [7, 11) is 17.2. The minimum absolute atomic E-state index is 0.0120. The molecule has 2 atom stereocenters. The van der Waals surface area contributed by atoms with E-state index in [1.807, 2.05) is 0 Å². The molecule has 0 N–H and O–H groups in total. The van der Waals surface area contributed by atoms with Crippen LogP contribution < -0.4 is 0 Å². The zero-order valence-corrected chi connectivity index (χ0v) is 30.7. The molecule has 2 aromatic rings. The number of halogens is 2. The van der Waals surface area contributed by atoms with Gasteiger partial charge in [-0.05, 0) is 0 Å². The maximum absolute atomic E-state index is 8.61. The van der Waals surface area contributed by atoms with E-state index in [0.29, 0.717) is 0 Å². The van der Waals surface area contributed by atoms with E-state index < -0.39 is 21.3 Å². The van der Waals surface area contributed by atoms with Crippen LogP contribution in [0.25, 0.3) is 12.2 Å². The molecule has 0 fully saturated rings. The molecule has 4 rings (SSSR count). The van der Waals surface area contributed by atoms with Gasteiger partial charge in [-0.2, -0.15) is 0 Å². The van der Waals surface area contributed by atoms with Crippen molar-refractivity contribution in [3.05, 3.63) is 79.9 Å². The van der Waals surface area contributed by atoms with Crippen LogP contribution >= 0.6 is 17.2 Å². The number of hydrogen-bond donors (Lipinski definition) is 0. The summed E-state index contributed by atoms with van der Waals surface area (Å²) in [5, 5.41) is 0. The second-order valence-electron chi connectivity index (χ2n) is 14.0. The molecule has 0 spiro atoms. The van der Waals surface area contributed by atoms with Crippen LogP contribution in [0, 0.1) is 38.5 Å². The van der Waals surface area contributed by atoms with Crippen molar-refractivity contribution in [3.63, 3.8) is 0 Å². The Balaban J connectivity index is 2.18. The molecule has 0 bridgehead atoms. The summed E-state index contributed by atoms with van der Waals surface area (Å²) in [6.45, 7) is 28.1. The Hall–Kier alpha value is -0.413. The fourth-order valence-corrected chi connectivity index (χ4v) is 51.6. The fourth-order valence-electron chi connectivity index (χ4n) is 6.93. The Bertz CT molecular complexity index is 1220. The predicted molar refractivity (Wildman–Crippen MR) is 163 cm³/mol. The molecular weight excluding hydrogens is 662 g/mol. The van der Waals surface area contributed by atoms with Crippen LogP contribution in [0.1, 0.15) is 93.4 Å². The van der Waals surface area contributed by atoms with Gasteiger partial charge in [0.25, 0.3) is 0 Å². The second kappa shape index (κ2) is 8.80. The van der Waals surface area contributed by atoms with E-state index in [9.17, 15) is 0 Å². The van der Waals surface area contributed by atoms with Crippen LogP contribution in [0.3, 0.4) is 0 Å². The van der Waals surface area contributed by atoms with E-state index in [2.05, 4.69) is 119 Å². The van der Waals surface area contributed by atoms with E-state index in [1.54, 1.807) is 0 Å². The number of allylic oxidation sites excluding steroid dienone is 2. The van der Waals surface area contributed by atoms with Gasteiger partial charge in [0.2, 0.25) is 0 Å². The zero-order valence-electron chi connectivity index (χ0n) is 24.5. The number of fused-ring (bicyclic) bond motifs is 2. The summed E-state index contributed by atoms with van der Waals surface area (Å²) < 4.78 is 0.294. The molecule has 0 saturated carbocycles. The Morgan fingerprint density at radius 2 is 0.917 bits per heavy atom. The SMILES string of the molecule is Cc1ccc(C)c2c1C=C(C(C)(C)C)[CH]2[Hf]([Cl])([Cl])([CH]1C(C(C)(C)C)=Cc2c(C)ccc(C)c21)[SiH](C)C. The van der Waals surface area contributed by atoms with Crippen LogP contribution in [0.4, 0.5) is 0 Å². The fraction of sp³-hybridized carbons (Fsp3) is 0.500. The Kier molecular flexibility index (Phi) is 6.99. The molecule has 195 valence electrons. The first-order chi connectivity index (χ1) is 16.3. The first-order valence-corrected chi connectivity index (χ1v) is 35.7. The van der Waals surface area contributed by atoms with Gasteiger partial charge in [0.1, 0.15) is 0 Å². The van der Waals surface area contributed by atoms with Gasteiger partial charge < -0.3 is 0 Å². The summed E-state index contributed by atoms with van der Waals surface area (Å²) >= 11 is -4.92. The Morgan fingerprint density at radius 3 is 1.19 bits per heavy atom. The molecule has 36 heavy (non-hydrogen) atoms. The third-order valence-corrected chi connectivity index (χ3v) is 81.4. The van der Waals surface area contributed by atoms with Crippen LogP contribution in [-0.4, -0.2) is 5.98 Å². The summed E-state index contributed by atoms with van der Waals surface area (Å²) in [5.74, 6) is -1.56. The predicted octanol–water partition coefficient (Wildman–Crippen LogP) is 10.6. The summed E-state index contributed by atoms with van der Waals surface area (Å²) in [4.78, 5) is 0. The molecule has 0 saturated heterocycles. The van der Waals surface area contributed by atoms with E-state index in [0.717, 1.165) is 0 Å².